The van der Waals surface area contributed by atoms with Gasteiger partial charge in [0, 0.05) is 30.8 Å². The molecule has 0 aliphatic rings. The molecule has 0 bridgehead atoms. The second-order valence-corrected chi connectivity index (χ2v) is 23.1. The summed E-state index contributed by atoms with van der Waals surface area (Å²) in [5.41, 5.74) is 1.99. The fourth-order valence-corrected chi connectivity index (χ4v) is 6.95. The maximum absolute atomic E-state index is 13.8. The molecule has 0 radical (unpaired) electrons. The Balaban J connectivity index is 2.60. The number of nitrogens with zero attached hydrogens (tertiary/aromatic N) is 3. The molecular formula is C29H45FN3O5PSSi. The molecule has 0 saturated heterocycles. The van der Waals surface area contributed by atoms with Crippen LogP contribution in [-0.4, -0.2) is 71.4 Å². The fourth-order valence-electron chi connectivity index (χ4n) is 3.89. The lowest BCUT2D eigenvalue weighted by Gasteiger charge is -2.39. The van der Waals surface area contributed by atoms with Crippen LogP contribution in [0.4, 0.5) is 10.3 Å². The number of aromatic nitrogens is 2. The van der Waals surface area contributed by atoms with E-state index in [9.17, 15) is 22.2 Å². The van der Waals surface area contributed by atoms with Gasteiger partial charge in [-0.05, 0) is 73.8 Å². The van der Waals surface area contributed by atoms with Crippen molar-refractivity contribution >= 4 is 43.3 Å². The fraction of sp³-hybridized carbons (Fsp3) is 0.552. The number of carbonyl (C=O) groups excluding carboxylic acids is 1. The molecule has 0 saturated carbocycles. The van der Waals surface area contributed by atoms with E-state index >= 15 is 0 Å². The number of benzene rings is 1. The highest BCUT2D eigenvalue weighted by Gasteiger charge is 2.40. The first-order valence-electron chi connectivity index (χ1n) is 13.6. The van der Waals surface area contributed by atoms with Crippen LogP contribution in [0.2, 0.25) is 18.1 Å². The van der Waals surface area contributed by atoms with Crippen LogP contribution in [-0.2, 0) is 23.8 Å². The Morgan fingerprint density at radius 2 is 1.71 bits per heavy atom. The highest BCUT2D eigenvalue weighted by atomic mass is 32.2. The van der Waals surface area contributed by atoms with Gasteiger partial charge in [0.2, 0.25) is 16.0 Å². The molecule has 1 atom stereocenters. The Hall–Kier alpha value is -2.20. The molecule has 228 valence electrons. The normalized spacial score (nSPS) is 14.1. The molecule has 0 amide bonds. The molecule has 1 aromatic carbocycles. The zero-order chi connectivity index (χ0) is 31.6. The van der Waals surface area contributed by atoms with Gasteiger partial charge in [0.25, 0.3) is 0 Å². The highest BCUT2D eigenvalue weighted by Crippen LogP contribution is 2.42. The molecule has 41 heavy (non-hydrogen) atoms. The van der Waals surface area contributed by atoms with Gasteiger partial charge in [0.1, 0.15) is 5.82 Å². The summed E-state index contributed by atoms with van der Waals surface area (Å²) >= 11 is 0. The van der Waals surface area contributed by atoms with E-state index in [2.05, 4.69) is 43.8 Å². The number of ketones is 1. The van der Waals surface area contributed by atoms with Crippen molar-refractivity contribution in [3.63, 3.8) is 0 Å². The number of rotatable bonds is 12. The minimum atomic E-state index is -3.65. The van der Waals surface area contributed by atoms with E-state index in [4.69, 9.17) is 4.43 Å². The number of halogens is 1. The van der Waals surface area contributed by atoms with E-state index in [1.54, 1.807) is 31.5 Å². The van der Waals surface area contributed by atoms with Crippen molar-refractivity contribution in [2.24, 2.45) is 0 Å². The zero-order valence-corrected chi connectivity index (χ0v) is 28.9. The topological polar surface area (TPSA) is 107 Å². The van der Waals surface area contributed by atoms with Crippen molar-refractivity contribution < 1.29 is 26.6 Å². The quantitative estimate of drug-likeness (QED) is 0.145. The zero-order valence-electron chi connectivity index (χ0n) is 26.1. The van der Waals surface area contributed by atoms with Gasteiger partial charge in [-0.2, -0.15) is 0 Å². The van der Waals surface area contributed by atoms with Gasteiger partial charge >= 0.3 is 0 Å². The number of carbonyl (C=O) groups is 1. The third kappa shape index (κ3) is 9.94. The summed E-state index contributed by atoms with van der Waals surface area (Å²) in [5.74, 6) is -0.813. The summed E-state index contributed by atoms with van der Waals surface area (Å²) in [6, 6.07) is 5.69. The van der Waals surface area contributed by atoms with Gasteiger partial charge < -0.3 is 8.99 Å². The van der Waals surface area contributed by atoms with E-state index in [1.807, 2.05) is 13.8 Å². The monoisotopic (exact) mass is 625 g/mol. The molecular weight excluding hydrogens is 580 g/mol. The van der Waals surface area contributed by atoms with Crippen LogP contribution in [0.5, 0.6) is 0 Å². The molecule has 12 heteroatoms. The van der Waals surface area contributed by atoms with Gasteiger partial charge in [-0.25, -0.2) is 27.1 Å². The Morgan fingerprint density at radius 1 is 1.15 bits per heavy atom. The predicted molar refractivity (Wildman–Crippen MR) is 170 cm³/mol. The van der Waals surface area contributed by atoms with Crippen LogP contribution in [0, 0.1) is 5.82 Å². The van der Waals surface area contributed by atoms with E-state index in [1.165, 1.54) is 25.3 Å². The smallest absolute Gasteiger partial charge is 0.239 e. The highest BCUT2D eigenvalue weighted by molar-refractivity contribution is 7.92. The van der Waals surface area contributed by atoms with E-state index in [0.717, 1.165) is 10.6 Å². The van der Waals surface area contributed by atoms with Crippen molar-refractivity contribution in [1.82, 2.24) is 9.97 Å². The third-order valence-electron chi connectivity index (χ3n) is 7.18. The average molecular weight is 626 g/mol. The Bertz CT molecular complexity index is 1430. The first-order chi connectivity index (χ1) is 18.5. The molecule has 2 aromatic rings. The molecule has 0 fully saturated rings. The number of anilines is 1. The van der Waals surface area contributed by atoms with Gasteiger partial charge in [-0.1, -0.05) is 34.6 Å². The number of allylic oxidation sites excluding steroid dienone is 1. The van der Waals surface area contributed by atoms with Gasteiger partial charge in [0.15, 0.2) is 14.1 Å². The standard InChI is InChI=1S/C29H45FN3O5PSSi/c1-20(2)26-25(17-16-23(34)18-24(19-39(7,8)35)38-41(10,11)29(3,4)5)27(21-12-14-22(30)15-13-21)32-28(31-26)33(6)40(9,36)37/h12-17,20,24H,18-19H2,1-11H3/b17-16+/t24-/m1/s1. The average Bonchev–Trinajstić information content (AvgIpc) is 2.79. The number of hydrogen-bond acceptors (Lipinski definition) is 7. The summed E-state index contributed by atoms with van der Waals surface area (Å²) < 4.78 is 58.6. The van der Waals surface area contributed by atoms with Gasteiger partial charge in [-0.15, -0.1) is 0 Å². The van der Waals surface area contributed by atoms with E-state index in [-0.39, 0.29) is 29.1 Å². The molecule has 0 spiro atoms. The first kappa shape index (κ1) is 35.0. The second kappa shape index (κ2) is 13.0. The van der Waals surface area contributed by atoms with Crippen molar-refractivity contribution in [1.29, 1.82) is 0 Å². The van der Waals surface area contributed by atoms with E-state index in [0.29, 0.717) is 28.7 Å². The third-order valence-corrected chi connectivity index (χ3v) is 14.2. The summed E-state index contributed by atoms with van der Waals surface area (Å²) in [6.07, 6.45) is 4.00. The lowest BCUT2D eigenvalue weighted by molar-refractivity contribution is -0.115. The molecule has 0 aliphatic heterocycles. The van der Waals surface area contributed by atoms with Crippen LogP contribution >= 0.6 is 7.14 Å². The molecule has 1 heterocycles. The summed E-state index contributed by atoms with van der Waals surface area (Å²) in [6.45, 7) is 17.8. The lowest BCUT2D eigenvalue weighted by Crippen LogP contribution is -2.45. The van der Waals surface area contributed by atoms with Gasteiger partial charge in [0.05, 0.1) is 30.9 Å². The minimum Gasteiger partial charge on any atom is -0.413 e. The Labute approximate surface area is 246 Å². The maximum Gasteiger partial charge on any atom is 0.239 e. The van der Waals surface area contributed by atoms with Crippen molar-refractivity contribution in [3.8, 4) is 11.3 Å². The largest absolute Gasteiger partial charge is 0.413 e. The number of sulfonamides is 1. The maximum atomic E-state index is 13.8. The molecule has 8 nitrogen and oxygen atoms in total. The minimum absolute atomic E-state index is 0.0246. The SMILES string of the molecule is CC(C)c1nc(N(C)S(C)(=O)=O)nc(-c2ccc(F)cc2)c1/C=C/C(=O)C[C@H](CP(C)(C)=O)O[Si](C)(C)C(C)(C)C. The van der Waals surface area contributed by atoms with Crippen molar-refractivity contribution in [2.45, 2.75) is 71.2 Å². The van der Waals surface area contributed by atoms with Crippen LogP contribution in [0.3, 0.4) is 0 Å². The van der Waals surface area contributed by atoms with Crippen LogP contribution in [0.15, 0.2) is 30.3 Å². The van der Waals surface area contributed by atoms with Crippen LogP contribution in [0.1, 0.15) is 58.2 Å². The first-order valence-corrected chi connectivity index (χ1v) is 21.1. The van der Waals surface area contributed by atoms with Crippen molar-refractivity contribution in [2.75, 3.05) is 37.1 Å². The summed E-state index contributed by atoms with van der Waals surface area (Å²) in [4.78, 5) is 22.4. The predicted octanol–water partition coefficient (Wildman–Crippen LogP) is 6.79. The Kier molecular flexibility index (Phi) is 11.1. The Morgan fingerprint density at radius 3 is 2.17 bits per heavy atom. The van der Waals surface area contributed by atoms with Crippen LogP contribution in [0.25, 0.3) is 17.3 Å². The number of hydrogen-bond donors (Lipinski definition) is 0. The molecule has 0 N–H and O–H groups in total. The summed E-state index contributed by atoms with van der Waals surface area (Å²) in [7, 11) is -7.00. The lowest BCUT2D eigenvalue weighted by atomic mass is 9.97. The van der Waals surface area contributed by atoms with Gasteiger partial charge in [-0.3, -0.25) is 4.79 Å². The molecule has 1 aromatic heterocycles. The summed E-state index contributed by atoms with van der Waals surface area (Å²) in [5, 5.41) is -0.0793. The second-order valence-electron chi connectivity index (χ2n) is 12.8. The van der Waals surface area contributed by atoms with E-state index < -0.39 is 37.4 Å². The van der Waals surface area contributed by atoms with Crippen LogP contribution < -0.4 is 4.31 Å². The molecule has 0 unspecified atom stereocenters. The van der Waals surface area contributed by atoms with Crippen molar-refractivity contribution in [3.05, 3.63) is 47.4 Å². The molecule has 2 rings (SSSR count). The molecule has 0 aliphatic carbocycles.